The molecule has 9 heteroatoms. The van der Waals surface area contributed by atoms with Crippen LogP contribution < -0.4 is 25.4 Å². The van der Waals surface area contributed by atoms with Gasteiger partial charge in [0.1, 0.15) is 17.0 Å². The minimum absolute atomic E-state index is 0.0149. The zero-order valence-electron chi connectivity index (χ0n) is 18.2. The SMILES string of the molecule is COc1ccc(OC)c(NC(=O)[C@@H]2C[C@H](CCSC)N[C@]23C(=O)Nc2c(Cl)cccc23)c1. The van der Waals surface area contributed by atoms with Crippen LogP contribution in [0.3, 0.4) is 0 Å². The van der Waals surface area contributed by atoms with Crippen LogP contribution >= 0.6 is 23.4 Å². The number of thioether (sulfide) groups is 1. The van der Waals surface area contributed by atoms with Crippen LogP contribution in [0.4, 0.5) is 11.4 Å². The van der Waals surface area contributed by atoms with Crippen LogP contribution in [0, 0.1) is 5.92 Å². The van der Waals surface area contributed by atoms with E-state index in [0.717, 1.165) is 12.2 Å². The first-order valence-corrected chi connectivity index (χ1v) is 12.1. The third kappa shape index (κ3) is 3.80. The molecule has 2 amide bonds. The molecule has 0 bridgehead atoms. The Balaban J connectivity index is 1.72. The minimum Gasteiger partial charge on any atom is -0.497 e. The summed E-state index contributed by atoms with van der Waals surface area (Å²) in [4.78, 5) is 27.0. The molecule has 0 saturated carbocycles. The van der Waals surface area contributed by atoms with E-state index >= 15 is 0 Å². The number of ether oxygens (including phenoxy) is 2. The number of anilines is 2. The Morgan fingerprint density at radius 3 is 2.81 bits per heavy atom. The number of hydrogen-bond acceptors (Lipinski definition) is 6. The number of carbonyl (C=O) groups is 2. The maximum atomic E-state index is 13.6. The zero-order chi connectivity index (χ0) is 22.9. The van der Waals surface area contributed by atoms with E-state index in [1.165, 1.54) is 7.11 Å². The van der Waals surface area contributed by atoms with Gasteiger partial charge in [-0.2, -0.15) is 11.8 Å². The van der Waals surface area contributed by atoms with Crippen LogP contribution in [-0.2, 0) is 15.1 Å². The molecule has 0 aromatic heterocycles. The van der Waals surface area contributed by atoms with Gasteiger partial charge in [0.25, 0.3) is 0 Å². The molecule has 2 aliphatic rings. The first-order chi connectivity index (χ1) is 15.4. The smallest absolute Gasteiger partial charge is 0.250 e. The molecule has 2 aliphatic heterocycles. The lowest BCUT2D eigenvalue weighted by atomic mass is 9.79. The molecule has 3 N–H and O–H groups in total. The van der Waals surface area contributed by atoms with Gasteiger partial charge in [0.2, 0.25) is 11.8 Å². The van der Waals surface area contributed by atoms with Crippen molar-refractivity contribution in [3.8, 4) is 11.5 Å². The molecule has 4 rings (SSSR count). The largest absolute Gasteiger partial charge is 0.497 e. The van der Waals surface area contributed by atoms with Crippen LogP contribution in [-0.4, -0.2) is 44.1 Å². The van der Waals surface area contributed by atoms with Gasteiger partial charge in [0.15, 0.2) is 0 Å². The fraction of sp³-hybridized carbons (Fsp3) is 0.391. The predicted molar refractivity (Wildman–Crippen MR) is 128 cm³/mol. The number of para-hydroxylation sites is 1. The van der Waals surface area contributed by atoms with Crippen molar-refractivity contribution < 1.29 is 19.1 Å². The van der Waals surface area contributed by atoms with Gasteiger partial charge in [0.05, 0.1) is 36.5 Å². The molecule has 32 heavy (non-hydrogen) atoms. The summed E-state index contributed by atoms with van der Waals surface area (Å²) >= 11 is 8.11. The number of benzene rings is 2. The van der Waals surface area contributed by atoms with Crippen molar-refractivity contribution in [3.05, 3.63) is 47.0 Å². The second-order valence-electron chi connectivity index (χ2n) is 7.89. The van der Waals surface area contributed by atoms with Crippen molar-refractivity contribution in [2.75, 3.05) is 36.9 Å². The van der Waals surface area contributed by atoms with Crippen molar-refractivity contribution in [3.63, 3.8) is 0 Å². The maximum Gasteiger partial charge on any atom is 0.250 e. The highest BCUT2D eigenvalue weighted by Crippen LogP contribution is 2.50. The standard InChI is InChI=1S/C23H26ClN3O4S/c1-30-14-7-8-19(31-2)18(12-14)25-21(28)16-11-13(9-10-32-3)27-23(16)15-5-4-6-17(24)20(15)26-22(23)29/h4-8,12-13,16,27H,9-11H2,1-3H3,(H,25,28)(H,26,29)/t13-,16-,23-/m0/s1. The monoisotopic (exact) mass is 475 g/mol. The lowest BCUT2D eigenvalue weighted by Crippen LogP contribution is -2.52. The second-order valence-corrected chi connectivity index (χ2v) is 9.28. The quantitative estimate of drug-likeness (QED) is 0.563. The number of hydrogen-bond donors (Lipinski definition) is 3. The van der Waals surface area contributed by atoms with E-state index in [0.29, 0.717) is 39.9 Å². The van der Waals surface area contributed by atoms with Gasteiger partial charge >= 0.3 is 0 Å². The molecule has 2 aromatic carbocycles. The van der Waals surface area contributed by atoms with Gasteiger partial charge in [-0.05, 0) is 43.0 Å². The number of methoxy groups -OCH3 is 2. The minimum atomic E-state index is -1.18. The lowest BCUT2D eigenvalue weighted by Gasteiger charge is -2.29. The average Bonchev–Trinajstić information content (AvgIpc) is 3.32. The van der Waals surface area contributed by atoms with Gasteiger partial charge in [-0.1, -0.05) is 23.7 Å². The van der Waals surface area contributed by atoms with Crippen LogP contribution in [0.1, 0.15) is 18.4 Å². The summed E-state index contributed by atoms with van der Waals surface area (Å²) in [6.45, 7) is 0. The summed E-state index contributed by atoms with van der Waals surface area (Å²) in [5.41, 5.74) is 0.581. The number of nitrogens with one attached hydrogen (secondary N) is 3. The molecule has 2 heterocycles. The molecule has 0 aliphatic carbocycles. The van der Waals surface area contributed by atoms with E-state index in [1.54, 1.807) is 49.2 Å². The van der Waals surface area contributed by atoms with Gasteiger partial charge in [-0.25, -0.2) is 0 Å². The number of amides is 2. The van der Waals surface area contributed by atoms with Gasteiger partial charge in [-0.15, -0.1) is 0 Å². The molecule has 170 valence electrons. The Kier molecular flexibility index (Phi) is 6.55. The van der Waals surface area contributed by atoms with Crippen LogP contribution in [0.15, 0.2) is 36.4 Å². The number of carbonyl (C=O) groups excluding carboxylic acids is 2. The van der Waals surface area contributed by atoms with E-state index in [2.05, 4.69) is 16.0 Å². The summed E-state index contributed by atoms with van der Waals surface area (Å²) in [7, 11) is 3.10. The highest BCUT2D eigenvalue weighted by Gasteiger charge is 2.60. The molecule has 3 atom stereocenters. The van der Waals surface area contributed by atoms with Gasteiger partial charge in [-0.3, -0.25) is 14.9 Å². The summed E-state index contributed by atoms with van der Waals surface area (Å²) in [5, 5.41) is 9.83. The normalized spacial score (nSPS) is 23.7. The lowest BCUT2D eigenvalue weighted by molar-refractivity contribution is -0.130. The van der Waals surface area contributed by atoms with Crippen molar-refractivity contribution >= 4 is 46.6 Å². The molecule has 0 unspecified atom stereocenters. The zero-order valence-corrected chi connectivity index (χ0v) is 19.7. The van der Waals surface area contributed by atoms with Crippen LogP contribution in [0.25, 0.3) is 0 Å². The molecular formula is C23H26ClN3O4S. The first-order valence-electron chi connectivity index (χ1n) is 10.3. The van der Waals surface area contributed by atoms with Gasteiger partial charge < -0.3 is 20.1 Å². The summed E-state index contributed by atoms with van der Waals surface area (Å²) in [5.74, 6) is 0.871. The first kappa shape index (κ1) is 22.8. The molecule has 1 fully saturated rings. The Labute approximate surface area is 196 Å². The van der Waals surface area contributed by atoms with E-state index < -0.39 is 11.5 Å². The van der Waals surface area contributed by atoms with Gasteiger partial charge in [0, 0.05) is 17.7 Å². The molecule has 1 saturated heterocycles. The summed E-state index contributed by atoms with van der Waals surface area (Å²) < 4.78 is 10.7. The molecule has 0 radical (unpaired) electrons. The van der Waals surface area contributed by atoms with Crippen molar-refractivity contribution in [1.82, 2.24) is 5.32 Å². The Bertz CT molecular complexity index is 1050. The third-order valence-corrected chi connectivity index (χ3v) is 7.12. The molecule has 1 spiro atoms. The molecule has 2 aromatic rings. The van der Waals surface area contributed by atoms with E-state index in [1.807, 2.05) is 12.3 Å². The fourth-order valence-electron chi connectivity index (χ4n) is 4.63. The van der Waals surface area contributed by atoms with Crippen molar-refractivity contribution in [2.24, 2.45) is 5.92 Å². The fourth-order valence-corrected chi connectivity index (χ4v) is 5.37. The predicted octanol–water partition coefficient (Wildman–Crippen LogP) is 3.87. The van der Waals surface area contributed by atoms with E-state index in [9.17, 15) is 9.59 Å². The highest BCUT2D eigenvalue weighted by atomic mass is 35.5. The number of halogens is 1. The van der Waals surface area contributed by atoms with Crippen molar-refractivity contribution in [1.29, 1.82) is 0 Å². The van der Waals surface area contributed by atoms with Crippen LogP contribution in [0.5, 0.6) is 11.5 Å². The molecular weight excluding hydrogens is 450 g/mol. The van der Waals surface area contributed by atoms with Crippen molar-refractivity contribution in [2.45, 2.75) is 24.4 Å². The Morgan fingerprint density at radius 1 is 1.28 bits per heavy atom. The summed E-state index contributed by atoms with van der Waals surface area (Å²) in [6.07, 6.45) is 3.41. The maximum absolute atomic E-state index is 13.6. The highest BCUT2D eigenvalue weighted by molar-refractivity contribution is 7.98. The number of rotatable bonds is 7. The van der Waals surface area contributed by atoms with Crippen LogP contribution in [0.2, 0.25) is 5.02 Å². The summed E-state index contributed by atoms with van der Waals surface area (Å²) in [6, 6.07) is 10.6. The van der Waals surface area contributed by atoms with E-state index in [4.69, 9.17) is 21.1 Å². The third-order valence-electron chi connectivity index (χ3n) is 6.16. The topological polar surface area (TPSA) is 88.7 Å². The van der Waals surface area contributed by atoms with E-state index in [-0.39, 0.29) is 17.9 Å². The Hall–Kier alpha value is -2.42. The second kappa shape index (κ2) is 9.21. The average molecular weight is 476 g/mol. The Morgan fingerprint density at radius 2 is 2.09 bits per heavy atom. The molecule has 7 nitrogen and oxygen atoms in total. The number of fused-ring (bicyclic) bond motifs is 2.